The van der Waals surface area contributed by atoms with Crippen molar-refractivity contribution in [3.8, 4) is 5.69 Å². The normalized spacial score (nSPS) is 16.6. The molecule has 140 valence electrons. The average molecular weight is 367 g/mol. The maximum atomic E-state index is 12.5. The van der Waals surface area contributed by atoms with Gasteiger partial charge in [0, 0.05) is 26.2 Å². The molecule has 3 N–H and O–H groups in total. The number of para-hydroxylation sites is 1. The summed E-state index contributed by atoms with van der Waals surface area (Å²) in [6, 6.07) is 9.28. The number of nitrogens with two attached hydrogens (primary N) is 1. The van der Waals surface area contributed by atoms with Crippen LogP contribution in [0, 0.1) is 0 Å². The van der Waals surface area contributed by atoms with E-state index in [-0.39, 0.29) is 17.5 Å². The largest absolute Gasteiger partial charge is 0.368 e. The summed E-state index contributed by atoms with van der Waals surface area (Å²) in [5.41, 5.74) is 6.54. The second kappa shape index (κ2) is 6.84. The van der Waals surface area contributed by atoms with Gasteiger partial charge >= 0.3 is 0 Å². The number of anilines is 1. The summed E-state index contributed by atoms with van der Waals surface area (Å²) in [5, 5.41) is 4.77. The Labute approximate surface area is 155 Å². The minimum atomic E-state index is -0.330. The third-order valence-corrected chi connectivity index (χ3v) is 5.00. The summed E-state index contributed by atoms with van der Waals surface area (Å²) in [6.45, 7) is 4.44. The van der Waals surface area contributed by atoms with Gasteiger partial charge in [-0.1, -0.05) is 18.2 Å². The number of benzene rings is 1. The number of H-pyrrole nitrogens is 1. The van der Waals surface area contributed by atoms with Gasteiger partial charge in [-0.15, -0.1) is 0 Å². The Balaban J connectivity index is 1.64. The molecule has 1 atom stereocenters. The molecule has 4 rings (SSSR count). The highest BCUT2D eigenvalue weighted by molar-refractivity contribution is 5.79. The molecule has 0 aliphatic carbocycles. The van der Waals surface area contributed by atoms with Gasteiger partial charge in [0.05, 0.1) is 17.9 Å². The van der Waals surface area contributed by atoms with E-state index in [4.69, 9.17) is 5.73 Å². The lowest BCUT2D eigenvalue weighted by atomic mass is 10.2. The highest BCUT2D eigenvalue weighted by atomic mass is 16.1. The fourth-order valence-corrected chi connectivity index (χ4v) is 3.32. The van der Waals surface area contributed by atoms with Gasteiger partial charge in [0.25, 0.3) is 5.56 Å². The van der Waals surface area contributed by atoms with Crippen LogP contribution in [0.4, 0.5) is 5.95 Å². The standard InChI is InChI=1S/C18H21N7O2/c1-12(15(19)26)23-7-9-24(10-8-23)18-21-16-14(17(27)22-18)11-20-25(16)13-5-3-2-4-6-13/h2-6,11-12H,7-10H2,1H3,(H2,19,26)(H,21,22,27). The van der Waals surface area contributed by atoms with E-state index in [1.165, 1.54) is 6.20 Å². The second-order valence-electron chi connectivity index (χ2n) is 6.62. The van der Waals surface area contributed by atoms with Gasteiger partial charge in [-0.05, 0) is 19.1 Å². The number of hydrogen-bond donors (Lipinski definition) is 2. The molecule has 9 heteroatoms. The zero-order valence-electron chi connectivity index (χ0n) is 15.0. The number of aromatic nitrogens is 4. The van der Waals surface area contributed by atoms with E-state index in [9.17, 15) is 9.59 Å². The maximum absolute atomic E-state index is 12.5. The lowest BCUT2D eigenvalue weighted by molar-refractivity contribution is -0.122. The van der Waals surface area contributed by atoms with Gasteiger partial charge in [-0.2, -0.15) is 10.1 Å². The molecule has 9 nitrogen and oxygen atoms in total. The predicted octanol–water partition coefficient (Wildman–Crippen LogP) is 0.105. The summed E-state index contributed by atoms with van der Waals surface area (Å²) < 4.78 is 1.67. The van der Waals surface area contributed by atoms with Gasteiger partial charge in [-0.3, -0.25) is 19.5 Å². The lowest BCUT2D eigenvalue weighted by Gasteiger charge is -2.37. The van der Waals surface area contributed by atoms with Crippen molar-refractivity contribution < 1.29 is 4.79 Å². The monoisotopic (exact) mass is 367 g/mol. The number of primary amides is 1. The third kappa shape index (κ3) is 3.17. The van der Waals surface area contributed by atoms with Crippen LogP contribution in [-0.4, -0.2) is 62.8 Å². The average Bonchev–Trinajstić information content (AvgIpc) is 3.13. The molecule has 1 aliphatic heterocycles. The van der Waals surface area contributed by atoms with Crippen LogP contribution in [0.5, 0.6) is 0 Å². The van der Waals surface area contributed by atoms with E-state index >= 15 is 0 Å². The Morgan fingerprint density at radius 3 is 2.56 bits per heavy atom. The molecule has 1 aliphatic rings. The first-order chi connectivity index (χ1) is 13.0. The van der Waals surface area contributed by atoms with Crippen LogP contribution in [0.3, 0.4) is 0 Å². The fourth-order valence-electron chi connectivity index (χ4n) is 3.32. The minimum absolute atomic E-state index is 0.217. The van der Waals surface area contributed by atoms with Crippen molar-refractivity contribution in [1.82, 2.24) is 24.6 Å². The Kier molecular flexibility index (Phi) is 4.36. The van der Waals surface area contributed by atoms with Crippen molar-refractivity contribution in [3.63, 3.8) is 0 Å². The molecule has 0 radical (unpaired) electrons. The number of aromatic amines is 1. The SMILES string of the molecule is CC(C(N)=O)N1CCN(c2nc3c(cnn3-c3ccccc3)c(=O)[nH]2)CC1. The maximum Gasteiger partial charge on any atom is 0.263 e. The number of carbonyl (C=O) groups is 1. The topological polar surface area (TPSA) is 113 Å². The van der Waals surface area contributed by atoms with E-state index in [2.05, 4.69) is 15.1 Å². The molecule has 0 saturated carbocycles. The number of nitrogens with zero attached hydrogens (tertiary/aromatic N) is 5. The smallest absolute Gasteiger partial charge is 0.263 e. The molecule has 2 aromatic heterocycles. The molecular weight excluding hydrogens is 346 g/mol. The molecule has 3 heterocycles. The molecule has 3 aromatic rings. The molecule has 0 bridgehead atoms. The van der Waals surface area contributed by atoms with Gasteiger partial charge in [-0.25, -0.2) is 4.68 Å². The van der Waals surface area contributed by atoms with Crippen molar-refractivity contribution in [2.75, 3.05) is 31.1 Å². The van der Waals surface area contributed by atoms with E-state index in [1.54, 1.807) is 4.68 Å². The van der Waals surface area contributed by atoms with Crippen LogP contribution in [0.2, 0.25) is 0 Å². The number of nitrogens with one attached hydrogen (secondary N) is 1. The number of rotatable bonds is 4. The van der Waals surface area contributed by atoms with Crippen LogP contribution in [0.15, 0.2) is 41.3 Å². The van der Waals surface area contributed by atoms with Crippen LogP contribution >= 0.6 is 0 Å². The van der Waals surface area contributed by atoms with Crippen LogP contribution in [0.25, 0.3) is 16.7 Å². The van der Waals surface area contributed by atoms with Crippen LogP contribution < -0.4 is 16.2 Å². The van der Waals surface area contributed by atoms with E-state index in [0.717, 1.165) is 5.69 Å². The van der Waals surface area contributed by atoms with E-state index < -0.39 is 0 Å². The van der Waals surface area contributed by atoms with E-state index in [0.29, 0.717) is 43.2 Å². The first-order valence-electron chi connectivity index (χ1n) is 8.86. The zero-order valence-corrected chi connectivity index (χ0v) is 15.0. The molecular formula is C18H21N7O2. The third-order valence-electron chi connectivity index (χ3n) is 5.00. The Bertz CT molecular complexity index is 1020. The second-order valence-corrected chi connectivity index (χ2v) is 6.62. The molecule has 1 aromatic carbocycles. The van der Waals surface area contributed by atoms with Crippen LogP contribution in [-0.2, 0) is 4.79 Å². The molecule has 1 unspecified atom stereocenters. The van der Waals surface area contributed by atoms with Crippen LogP contribution in [0.1, 0.15) is 6.92 Å². The summed E-state index contributed by atoms with van der Waals surface area (Å²) in [5.74, 6) is 0.180. The quantitative estimate of drug-likeness (QED) is 0.676. The number of hydrogen-bond acceptors (Lipinski definition) is 6. The first-order valence-corrected chi connectivity index (χ1v) is 8.86. The van der Waals surface area contributed by atoms with E-state index in [1.807, 2.05) is 47.1 Å². The number of carbonyl (C=O) groups excluding carboxylic acids is 1. The fraction of sp³-hybridized carbons (Fsp3) is 0.333. The zero-order chi connectivity index (χ0) is 19.0. The summed E-state index contributed by atoms with van der Waals surface area (Å²) >= 11 is 0. The molecule has 0 spiro atoms. The molecule has 1 fully saturated rings. The Morgan fingerprint density at radius 1 is 1.19 bits per heavy atom. The summed E-state index contributed by atoms with van der Waals surface area (Å²) in [4.78, 5) is 35.4. The number of piperazine rings is 1. The molecule has 27 heavy (non-hydrogen) atoms. The van der Waals surface area contributed by atoms with Crippen molar-refractivity contribution in [1.29, 1.82) is 0 Å². The number of amides is 1. The first kappa shape index (κ1) is 17.2. The van der Waals surface area contributed by atoms with Crippen molar-refractivity contribution in [2.45, 2.75) is 13.0 Å². The summed E-state index contributed by atoms with van der Waals surface area (Å²) in [6.07, 6.45) is 1.53. The van der Waals surface area contributed by atoms with Crippen molar-refractivity contribution in [3.05, 3.63) is 46.9 Å². The highest BCUT2D eigenvalue weighted by Gasteiger charge is 2.25. The lowest BCUT2D eigenvalue weighted by Crippen LogP contribution is -2.53. The van der Waals surface area contributed by atoms with Gasteiger partial charge < -0.3 is 10.6 Å². The van der Waals surface area contributed by atoms with Gasteiger partial charge in [0.15, 0.2) is 5.65 Å². The van der Waals surface area contributed by atoms with Crippen molar-refractivity contribution in [2.24, 2.45) is 5.73 Å². The molecule has 1 saturated heterocycles. The molecule has 1 amide bonds. The Morgan fingerprint density at radius 2 is 1.89 bits per heavy atom. The van der Waals surface area contributed by atoms with Crippen molar-refractivity contribution >= 4 is 22.9 Å². The van der Waals surface area contributed by atoms with Gasteiger partial charge in [0.2, 0.25) is 11.9 Å². The summed E-state index contributed by atoms with van der Waals surface area (Å²) in [7, 11) is 0. The predicted molar refractivity (Wildman–Crippen MR) is 102 cm³/mol. The minimum Gasteiger partial charge on any atom is -0.368 e. The van der Waals surface area contributed by atoms with Gasteiger partial charge in [0.1, 0.15) is 5.39 Å². The Hall–Kier alpha value is -3.20. The number of fused-ring (bicyclic) bond motifs is 1. The highest BCUT2D eigenvalue weighted by Crippen LogP contribution is 2.17.